The zero-order valence-corrected chi connectivity index (χ0v) is 8.90. The van der Waals surface area contributed by atoms with Gasteiger partial charge in [0.05, 0.1) is 6.10 Å². The molecule has 0 aromatic heterocycles. The van der Waals surface area contributed by atoms with E-state index < -0.39 is 17.8 Å². The van der Waals surface area contributed by atoms with E-state index in [9.17, 15) is 14.4 Å². The van der Waals surface area contributed by atoms with Crippen LogP contribution in [0.3, 0.4) is 0 Å². The average Bonchev–Trinajstić information content (AvgIpc) is 2.68. The lowest BCUT2D eigenvalue weighted by Gasteiger charge is -2.25. The molecule has 0 bridgehead atoms. The van der Waals surface area contributed by atoms with E-state index in [4.69, 9.17) is 4.74 Å². The Bertz CT molecular complexity index is 303. The number of carbonyl (C=O) groups excluding carboxylic acids is 3. The number of hydrogen-bond donors (Lipinski definition) is 1. The van der Waals surface area contributed by atoms with Gasteiger partial charge in [-0.2, -0.15) is 0 Å². The molecule has 16 heavy (non-hydrogen) atoms. The molecule has 2 heterocycles. The maximum absolute atomic E-state index is 11.4. The SMILES string of the molecule is O=C1CC(=O)N(CCC2CCCO2)C(=O)N1. The fourth-order valence-electron chi connectivity index (χ4n) is 1.95. The highest BCUT2D eigenvalue weighted by Crippen LogP contribution is 2.16. The van der Waals surface area contributed by atoms with Gasteiger partial charge in [0.2, 0.25) is 11.8 Å². The minimum absolute atomic E-state index is 0.137. The molecule has 0 aromatic carbocycles. The molecule has 0 spiro atoms. The minimum Gasteiger partial charge on any atom is -0.378 e. The van der Waals surface area contributed by atoms with Crippen molar-refractivity contribution in [1.82, 2.24) is 10.2 Å². The summed E-state index contributed by atoms with van der Waals surface area (Å²) in [5.41, 5.74) is 0. The van der Waals surface area contributed by atoms with Gasteiger partial charge in [-0.3, -0.25) is 19.8 Å². The molecule has 1 N–H and O–H groups in total. The standard InChI is InChI=1S/C10H14N2O4/c13-8-6-9(14)12(10(15)11-8)4-3-7-2-1-5-16-7/h7H,1-6H2,(H,11,13,15). The molecule has 6 heteroatoms. The topological polar surface area (TPSA) is 75.7 Å². The van der Waals surface area contributed by atoms with Gasteiger partial charge in [0, 0.05) is 13.2 Å². The third-order valence-corrected chi connectivity index (χ3v) is 2.80. The van der Waals surface area contributed by atoms with Crippen molar-refractivity contribution in [2.75, 3.05) is 13.2 Å². The molecule has 0 aliphatic carbocycles. The summed E-state index contributed by atoms with van der Waals surface area (Å²) in [6, 6.07) is -0.612. The van der Waals surface area contributed by atoms with E-state index in [1.54, 1.807) is 0 Å². The van der Waals surface area contributed by atoms with Crippen LogP contribution >= 0.6 is 0 Å². The van der Waals surface area contributed by atoms with Crippen molar-refractivity contribution in [3.63, 3.8) is 0 Å². The number of carbonyl (C=O) groups is 3. The van der Waals surface area contributed by atoms with Gasteiger partial charge in [-0.25, -0.2) is 4.79 Å². The van der Waals surface area contributed by atoms with Gasteiger partial charge in [-0.05, 0) is 19.3 Å². The number of hydrogen-bond acceptors (Lipinski definition) is 4. The van der Waals surface area contributed by atoms with Crippen LogP contribution in [0.15, 0.2) is 0 Å². The third kappa shape index (κ3) is 2.38. The van der Waals surface area contributed by atoms with Gasteiger partial charge in [-0.1, -0.05) is 0 Å². The molecular formula is C10H14N2O4. The van der Waals surface area contributed by atoms with E-state index in [1.165, 1.54) is 0 Å². The van der Waals surface area contributed by atoms with Crippen LogP contribution in [0, 0.1) is 0 Å². The van der Waals surface area contributed by atoms with Crippen LogP contribution in [0.4, 0.5) is 4.79 Å². The zero-order chi connectivity index (χ0) is 11.5. The summed E-state index contributed by atoms with van der Waals surface area (Å²) in [6.07, 6.45) is 2.55. The molecule has 1 unspecified atom stereocenters. The summed E-state index contributed by atoms with van der Waals surface area (Å²) in [6.45, 7) is 1.08. The van der Waals surface area contributed by atoms with E-state index in [0.29, 0.717) is 13.0 Å². The quantitative estimate of drug-likeness (QED) is 0.688. The average molecular weight is 226 g/mol. The molecule has 0 aromatic rings. The van der Waals surface area contributed by atoms with Crippen molar-refractivity contribution < 1.29 is 19.1 Å². The number of ether oxygens (including phenoxy) is 1. The summed E-state index contributed by atoms with van der Waals surface area (Å²) in [5.74, 6) is -0.949. The second-order valence-electron chi connectivity index (χ2n) is 4.00. The molecule has 2 aliphatic heterocycles. The fourth-order valence-corrected chi connectivity index (χ4v) is 1.95. The molecule has 6 nitrogen and oxygen atoms in total. The molecule has 2 fully saturated rings. The first kappa shape index (κ1) is 11.1. The van der Waals surface area contributed by atoms with Crippen molar-refractivity contribution in [3.05, 3.63) is 0 Å². The minimum atomic E-state index is -0.612. The molecule has 2 aliphatic rings. The number of nitrogens with one attached hydrogen (secondary N) is 1. The van der Waals surface area contributed by atoms with Crippen molar-refractivity contribution >= 4 is 17.8 Å². The van der Waals surface area contributed by atoms with E-state index >= 15 is 0 Å². The number of nitrogens with zero attached hydrogens (tertiary/aromatic N) is 1. The van der Waals surface area contributed by atoms with E-state index in [2.05, 4.69) is 5.32 Å². The number of barbiturate groups is 1. The van der Waals surface area contributed by atoms with Gasteiger partial charge in [0.15, 0.2) is 0 Å². The second kappa shape index (κ2) is 4.61. The van der Waals surface area contributed by atoms with Gasteiger partial charge >= 0.3 is 6.03 Å². The molecular weight excluding hydrogens is 212 g/mol. The first-order chi connectivity index (χ1) is 7.66. The maximum Gasteiger partial charge on any atom is 0.330 e. The van der Waals surface area contributed by atoms with Crippen LogP contribution in [0.1, 0.15) is 25.7 Å². The monoisotopic (exact) mass is 226 g/mol. The Morgan fingerprint density at radius 1 is 1.38 bits per heavy atom. The smallest absolute Gasteiger partial charge is 0.330 e. The summed E-state index contributed by atoms with van der Waals surface area (Å²) in [4.78, 5) is 34.7. The Labute approximate surface area is 92.9 Å². The van der Waals surface area contributed by atoms with Crippen LogP contribution in [0.5, 0.6) is 0 Å². The van der Waals surface area contributed by atoms with Gasteiger partial charge in [0.1, 0.15) is 6.42 Å². The van der Waals surface area contributed by atoms with E-state index in [0.717, 1.165) is 24.3 Å². The van der Waals surface area contributed by atoms with Gasteiger partial charge < -0.3 is 4.74 Å². The predicted molar refractivity (Wildman–Crippen MR) is 53.5 cm³/mol. The van der Waals surface area contributed by atoms with Crippen LogP contribution in [-0.2, 0) is 14.3 Å². The van der Waals surface area contributed by atoms with Crippen molar-refractivity contribution in [3.8, 4) is 0 Å². The van der Waals surface area contributed by atoms with Crippen LogP contribution in [0.2, 0.25) is 0 Å². The second-order valence-corrected chi connectivity index (χ2v) is 4.00. The normalized spacial score (nSPS) is 26.1. The summed E-state index contributed by atoms with van der Waals surface area (Å²) < 4.78 is 5.40. The Balaban J connectivity index is 1.85. The first-order valence-corrected chi connectivity index (χ1v) is 5.42. The highest BCUT2D eigenvalue weighted by molar-refractivity contribution is 6.14. The Morgan fingerprint density at radius 2 is 2.19 bits per heavy atom. The highest BCUT2D eigenvalue weighted by Gasteiger charge is 2.31. The van der Waals surface area contributed by atoms with E-state index in [-0.39, 0.29) is 12.5 Å². The Morgan fingerprint density at radius 3 is 2.81 bits per heavy atom. The molecule has 1 atom stereocenters. The highest BCUT2D eigenvalue weighted by atomic mass is 16.5. The number of urea groups is 1. The summed E-state index contributed by atoms with van der Waals surface area (Å²) in [5, 5.41) is 2.12. The van der Waals surface area contributed by atoms with Crippen molar-refractivity contribution in [2.45, 2.75) is 31.8 Å². The molecule has 2 saturated heterocycles. The van der Waals surface area contributed by atoms with Gasteiger partial charge in [-0.15, -0.1) is 0 Å². The fraction of sp³-hybridized carbons (Fsp3) is 0.700. The van der Waals surface area contributed by atoms with Crippen LogP contribution in [0.25, 0.3) is 0 Å². The lowest BCUT2D eigenvalue weighted by Crippen LogP contribution is -2.53. The molecule has 2 rings (SSSR count). The van der Waals surface area contributed by atoms with Gasteiger partial charge in [0.25, 0.3) is 0 Å². The van der Waals surface area contributed by atoms with Crippen molar-refractivity contribution in [1.29, 1.82) is 0 Å². The number of amides is 4. The first-order valence-electron chi connectivity index (χ1n) is 5.42. The van der Waals surface area contributed by atoms with E-state index in [1.807, 2.05) is 0 Å². The lowest BCUT2D eigenvalue weighted by atomic mass is 10.1. The molecule has 4 amide bonds. The number of rotatable bonds is 3. The third-order valence-electron chi connectivity index (χ3n) is 2.80. The van der Waals surface area contributed by atoms with Crippen LogP contribution < -0.4 is 5.32 Å². The number of imide groups is 2. The predicted octanol–water partition coefficient (Wildman–Crippen LogP) is 0.0240. The van der Waals surface area contributed by atoms with Crippen LogP contribution in [-0.4, -0.2) is 42.0 Å². The Kier molecular flexibility index (Phi) is 3.19. The molecule has 88 valence electrons. The largest absolute Gasteiger partial charge is 0.378 e. The Hall–Kier alpha value is -1.43. The molecule has 0 saturated carbocycles. The molecule has 0 radical (unpaired) electrons. The lowest BCUT2D eigenvalue weighted by molar-refractivity contribution is -0.136. The van der Waals surface area contributed by atoms with Crippen molar-refractivity contribution in [2.24, 2.45) is 0 Å². The summed E-state index contributed by atoms with van der Waals surface area (Å²) >= 11 is 0. The summed E-state index contributed by atoms with van der Waals surface area (Å²) in [7, 11) is 0. The zero-order valence-electron chi connectivity index (χ0n) is 8.90. The maximum atomic E-state index is 11.4.